The molecule has 18 heteroatoms. The van der Waals surface area contributed by atoms with Gasteiger partial charge in [0.2, 0.25) is 0 Å². The van der Waals surface area contributed by atoms with E-state index in [1.54, 1.807) is 96.9 Å². The molecule has 0 bridgehead atoms. The van der Waals surface area contributed by atoms with Gasteiger partial charge in [-0.15, -0.1) is 0 Å². The van der Waals surface area contributed by atoms with Crippen LogP contribution in [0.3, 0.4) is 0 Å². The molecule has 0 spiro atoms. The van der Waals surface area contributed by atoms with Gasteiger partial charge in [-0.2, -0.15) is 9.80 Å². The van der Waals surface area contributed by atoms with Crippen LogP contribution in [0, 0.1) is 11.8 Å². The Labute approximate surface area is 425 Å². The number of rotatable bonds is 9. The molecule has 0 aliphatic carbocycles. The molecule has 0 saturated carbocycles. The Kier molecular flexibility index (Phi) is 22.3. The van der Waals surface area contributed by atoms with Gasteiger partial charge in [0.1, 0.15) is 34.6 Å². The van der Waals surface area contributed by atoms with Crippen molar-refractivity contribution in [2.24, 2.45) is 11.8 Å². The topological polar surface area (TPSA) is 212 Å². The largest absolute Gasteiger partial charge is 0.458 e. The van der Waals surface area contributed by atoms with E-state index in [1.165, 1.54) is 0 Å². The molecule has 2 heterocycles. The van der Waals surface area contributed by atoms with Crippen molar-refractivity contribution in [2.75, 3.05) is 33.0 Å². The van der Waals surface area contributed by atoms with E-state index in [-0.39, 0.29) is 44.9 Å². The number of ether oxygens (including phenoxy) is 9. The molecule has 0 unspecified atom stereocenters. The molecule has 4 rings (SSSR count). The molecule has 72 heavy (non-hydrogen) atoms. The van der Waals surface area contributed by atoms with Crippen LogP contribution in [0.1, 0.15) is 115 Å². The molecule has 0 radical (unpaired) electrons. The van der Waals surface area contributed by atoms with Crippen LogP contribution < -0.4 is 0 Å². The number of cyclic esters (lactones) is 2. The fourth-order valence-corrected chi connectivity index (χ4v) is 7.38. The first-order valence-corrected chi connectivity index (χ1v) is 24.3. The van der Waals surface area contributed by atoms with E-state index >= 15 is 0 Å². The fourth-order valence-electron chi connectivity index (χ4n) is 7.38. The summed E-state index contributed by atoms with van der Waals surface area (Å²) in [5, 5.41) is 10.8. The molecule has 2 aromatic rings. The lowest BCUT2D eigenvalue weighted by Crippen LogP contribution is -2.54. The first-order chi connectivity index (χ1) is 33.2. The van der Waals surface area contributed by atoms with Crippen LogP contribution in [-0.2, 0) is 65.1 Å². The monoisotopic (exact) mass is 1010 g/mol. The van der Waals surface area contributed by atoms with Crippen LogP contribution in [0.15, 0.2) is 72.8 Å². The Bertz CT molecular complexity index is 2050. The lowest BCUT2D eigenvalue weighted by Gasteiger charge is -2.32. The van der Waals surface area contributed by atoms with Crippen LogP contribution in [0.4, 0.5) is 19.2 Å². The number of nitrogens with zero attached hydrogens (tertiary/aromatic N) is 2. The second kappa shape index (κ2) is 26.4. The van der Waals surface area contributed by atoms with E-state index in [2.05, 4.69) is 6.58 Å². The Hall–Kier alpha value is -5.56. The minimum atomic E-state index is -1.45. The summed E-state index contributed by atoms with van der Waals surface area (Å²) in [6.07, 6.45) is -6.21. The summed E-state index contributed by atoms with van der Waals surface area (Å²) in [4.78, 5) is 79.9. The zero-order valence-corrected chi connectivity index (χ0v) is 45.0. The summed E-state index contributed by atoms with van der Waals surface area (Å²) in [5.41, 5.74) is -0.805. The Balaban J connectivity index is 0.000000383. The van der Waals surface area contributed by atoms with Gasteiger partial charge in [0, 0.05) is 11.8 Å². The number of carbonyl (C=O) groups is 6. The molecule has 8 atom stereocenters. The van der Waals surface area contributed by atoms with Crippen molar-refractivity contribution in [2.45, 2.75) is 176 Å². The number of aliphatic hydroxyl groups is 1. The smallest absolute Gasteiger partial charge is 0.420 e. The summed E-state index contributed by atoms with van der Waals surface area (Å²) < 4.78 is 50.8. The normalized spacial score (nSPS) is 23.4. The van der Waals surface area contributed by atoms with Crippen molar-refractivity contribution in [3.05, 3.63) is 83.9 Å². The summed E-state index contributed by atoms with van der Waals surface area (Å²) in [6.45, 7) is 28.8. The standard InChI is InChI=1S/C29H43NO8.C25H37NO8/c1-19(2)16-35-24-20(3)36-25(31)23(18-34-17-22(24)15-21-13-11-10-12-14-21)30(26(32)37-28(4,5)6)27(33)38-29(7,8)9;1-16-20(27)18(13-17-11-9-8-10-12-17)14-31-15-19(21(28)32-16)26(22(29)33-24(2,3)4)23(30)34-25(5,6)7/h10-14,20,22-24H,1,15-18H2,2-9H3;8-12,16,18-20,27H,13-15H2,1-7H3/t20-,22-,23-,24-;16-,18-,19-,20-/m00/s1. The molecule has 1 N–H and O–H groups in total. The molecule has 0 aromatic heterocycles. The van der Waals surface area contributed by atoms with Gasteiger partial charge in [-0.25, -0.2) is 28.8 Å². The maximum atomic E-state index is 13.4. The van der Waals surface area contributed by atoms with Gasteiger partial charge < -0.3 is 47.7 Å². The van der Waals surface area contributed by atoms with Crippen molar-refractivity contribution in [3.63, 3.8) is 0 Å². The first-order valence-electron chi connectivity index (χ1n) is 24.3. The maximum absolute atomic E-state index is 13.4. The molecule has 2 saturated heterocycles. The minimum Gasteiger partial charge on any atom is -0.458 e. The van der Waals surface area contributed by atoms with Crippen molar-refractivity contribution < 1.29 is 76.5 Å². The second-order valence-corrected chi connectivity index (χ2v) is 22.2. The molecule has 402 valence electrons. The third-order valence-corrected chi connectivity index (χ3v) is 10.4. The zero-order chi connectivity index (χ0) is 54.4. The Morgan fingerprint density at radius 3 is 1.25 bits per heavy atom. The number of imide groups is 2. The highest BCUT2D eigenvalue weighted by atomic mass is 16.6. The van der Waals surface area contributed by atoms with E-state index < -0.39 is 95.2 Å². The van der Waals surface area contributed by atoms with Gasteiger partial charge in [0.25, 0.3) is 0 Å². The summed E-state index contributed by atoms with van der Waals surface area (Å²) in [7, 11) is 0. The van der Waals surface area contributed by atoms with Crippen molar-refractivity contribution in [1.82, 2.24) is 9.80 Å². The van der Waals surface area contributed by atoms with E-state index in [9.17, 15) is 33.9 Å². The average Bonchev–Trinajstić information content (AvgIpc) is 3.30. The molecule has 2 aliphatic heterocycles. The van der Waals surface area contributed by atoms with Crippen LogP contribution in [0.25, 0.3) is 0 Å². The number of carbonyl (C=O) groups excluding carboxylic acids is 6. The zero-order valence-electron chi connectivity index (χ0n) is 45.0. The molecule has 18 nitrogen and oxygen atoms in total. The highest BCUT2D eigenvalue weighted by molar-refractivity contribution is 5.95. The average molecular weight is 1010 g/mol. The first kappa shape index (κ1) is 60.7. The predicted molar refractivity (Wildman–Crippen MR) is 267 cm³/mol. The number of benzene rings is 2. The van der Waals surface area contributed by atoms with Crippen molar-refractivity contribution >= 4 is 36.3 Å². The number of aliphatic hydroxyl groups excluding tert-OH is 1. The summed E-state index contributed by atoms with van der Waals surface area (Å²) in [5.74, 6) is -2.28. The van der Waals surface area contributed by atoms with E-state index in [1.807, 2.05) is 67.6 Å². The summed E-state index contributed by atoms with van der Waals surface area (Å²) >= 11 is 0. The van der Waals surface area contributed by atoms with Gasteiger partial charge in [0.05, 0.1) is 45.2 Å². The Morgan fingerprint density at radius 1 is 0.569 bits per heavy atom. The van der Waals surface area contributed by atoms with E-state index in [0.717, 1.165) is 16.7 Å². The van der Waals surface area contributed by atoms with Gasteiger partial charge in [0.15, 0.2) is 12.1 Å². The molecule has 4 amide bonds. The Morgan fingerprint density at radius 2 is 0.903 bits per heavy atom. The number of esters is 2. The minimum absolute atomic E-state index is 0.0873. The van der Waals surface area contributed by atoms with Crippen LogP contribution >= 0.6 is 0 Å². The van der Waals surface area contributed by atoms with E-state index in [0.29, 0.717) is 22.6 Å². The number of amides is 4. The van der Waals surface area contributed by atoms with Gasteiger partial charge >= 0.3 is 36.3 Å². The third-order valence-electron chi connectivity index (χ3n) is 10.4. The summed E-state index contributed by atoms with van der Waals surface area (Å²) in [6, 6.07) is 16.6. The SMILES string of the molecule is C=C(C)CO[C@@H]1[C@@H](Cc2ccccc2)COC[C@H](N(C(=O)OC(C)(C)C)C(=O)OC(C)(C)C)C(=O)O[C@H]1C.C[C@@H]1OC(=O)[C@@H](N(C(=O)OC(C)(C)C)C(=O)OC(C)(C)C)COC[C@H](Cc2ccccc2)[C@H]1O. The fraction of sp³-hybridized carbons (Fsp3) is 0.630. The van der Waals surface area contributed by atoms with E-state index in [4.69, 9.17) is 42.6 Å². The molecule has 2 aromatic carbocycles. The number of hydrogen-bond acceptors (Lipinski definition) is 16. The predicted octanol–water partition coefficient (Wildman–Crippen LogP) is 9.02. The highest BCUT2D eigenvalue weighted by Gasteiger charge is 2.46. The van der Waals surface area contributed by atoms with Gasteiger partial charge in [-0.1, -0.05) is 72.8 Å². The molecular formula is C54H80N2O16. The lowest BCUT2D eigenvalue weighted by atomic mass is 9.91. The highest BCUT2D eigenvalue weighted by Crippen LogP contribution is 2.27. The van der Waals surface area contributed by atoms with Crippen LogP contribution in [-0.4, -0.2) is 143 Å². The van der Waals surface area contributed by atoms with Gasteiger partial charge in [-0.3, -0.25) is 0 Å². The van der Waals surface area contributed by atoms with Crippen molar-refractivity contribution in [1.29, 1.82) is 0 Å². The maximum Gasteiger partial charge on any atom is 0.420 e. The number of hydrogen-bond donors (Lipinski definition) is 1. The quantitative estimate of drug-likeness (QED) is 0.141. The van der Waals surface area contributed by atoms with Gasteiger partial charge in [-0.05, 0) is 128 Å². The van der Waals surface area contributed by atoms with Crippen LogP contribution in [0.2, 0.25) is 0 Å². The second-order valence-electron chi connectivity index (χ2n) is 22.2. The molecule has 2 fully saturated rings. The van der Waals surface area contributed by atoms with Crippen molar-refractivity contribution in [3.8, 4) is 0 Å². The lowest BCUT2D eigenvalue weighted by molar-refractivity contribution is -0.163. The third kappa shape index (κ3) is 20.9. The molecular weight excluding hydrogens is 933 g/mol. The molecule has 2 aliphatic rings. The van der Waals surface area contributed by atoms with Crippen LogP contribution in [0.5, 0.6) is 0 Å².